The van der Waals surface area contributed by atoms with Gasteiger partial charge in [-0.2, -0.15) is 0 Å². The summed E-state index contributed by atoms with van der Waals surface area (Å²) in [7, 11) is 0. The van der Waals surface area contributed by atoms with E-state index in [9.17, 15) is 4.79 Å². The Kier molecular flexibility index (Phi) is 6.87. The standard InChI is InChI=1S/C24H30N2O4/c1-19(17-25-10-14-28-15-11-25)26(18-20-6-3-2-4-7-20)24(27)21-8-9-22-23(16-21)30-13-5-12-29-22/h2-4,6-9,16,19H,5,10-15,17-18H2,1H3. The predicted octanol–water partition coefficient (Wildman–Crippen LogP) is 3.21. The van der Waals surface area contributed by atoms with Crippen LogP contribution in [0.3, 0.4) is 0 Å². The molecule has 2 aliphatic heterocycles. The molecule has 0 aliphatic carbocycles. The van der Waals surface area contributed by atoms with Gasteiger partial charge in [-0.15, -0.1) is 0 Å². The van der Waals surface area contributed by atoms with Crippen molar-refractivity contribution in [1.29, 1.82) is 0 Å². The molecule has 0 spiro atoms. The minimum absolute atomic E-state index is 0.00950. The summed E-state index contributed by atoms with van der Waals surface area (Å²) in [5, 5.41) is 0. The SMILES string of the molecule is CC(CN1CCOCC1)N(Cc1ccccc1)C(=O)c1ccc2c(c1)OCCCO2. The van der Waals surface area contributed by atoms with Gasteiger partial charge in [0.05, 0.1) is 26.4 Å². The lowest BCUT2D eigenvalue weighted by Gasteiger charge is -2.35. The van der Waals surface area contributed by atoms with E-state index in [1.165, 1.54) is 0 Å². The van der Waals surface area contributed by atoms with E-state index in [4.69, 9.17) is 14.2 Å². The summed E-state index contributed by atoms with van der Waals surface area (Å²) < 4.78 is 17.0. The largest absolute Gasteiger partial charge is 0.490 e. The molecule has 0 N–H and O–H groups in total. The number of nitrogens with zero attached hydrogens (tertiary/aromatic N) is 2. The third-order valence-corrected chi connectivity index (χ3v) is 5.61. The van der Waals surface area contributed by atoms with Gasteiger partial charge in [0.1, 0.15) is 0 Å². The molecule has 0 saturated carbocycles. The van der Waals surface area contributed by atoms with Crippen molar-refractivity contribution in [2.75, 3.05) is 46.1 Å². The molecule has 0 aromatic heterocycles. The van der Waals surface area contributed by atoms with Crippen molar-refractivity contribution in [2.24, 2.45) is 0 Å². The third kappa shape index (κ3) is 5.12. The molecule has 1 amide bonds. The number of fused-ring (bicyclic) bond motifs is 1. The van der Waals surface area contributed by atoms with Gasteiger partial charge in [-0.3, -0.25) is 9.69 Å². The zero-order chi connectivity index (χ0) is 20.8. The van der Waals surface area contributed by atoms with Gasteiger partial charge in [0.2, 0.25) is 0 Å². The van der Waals surface area contributed by atoms with Crippen LogP contribution in [0.15, 0.2) is 48.5 Å². The molecule has 1 unspecified atom stereocenters. The number of rotatable bonds is 6. The molecule has 160 valence electrons. The third-order valence-electron chi connectivity index (χ3n) is 5.61. The van der Waals surface area contributed by atoms with Crippen LogP contribution in [-0.4, -0.2) is 67.8 Å². The molecule has 30 heavy (non-hydrogen) atoms. The van der Waals surface area contributed by atoms with Crippen LogP contribution >= 0.6 is 0 Å². The monoisotopic (exact) mass is 410 g/mol. The molecule has 2 aromatic rings. The van der Waals surface area contributed by atoms with E-state index in [-0.39, 0.29) is 11.9 Å². The van der Waals surface area contributed by atoms with E-state index in [0.29, 0.717) is 36.8 Å². The van der Waals surface area contributed by atoms with Gasteiger partial charge in [-0.05, 0) is 30.7 Å². The van der Waals surface area contributed by atoms with Gasteiger partial charge >= 0.3 is 0 Å². The van der Waals surface area contributed by atoms with Gasteiger partial charge in [0, 0.05) is 44.2 Å². The van der Waals surface area contributed by atoms with Crippen LogP contribution in [0.5, 0.6) is 11.5 Å². The summed E-state index contributed by atoms with van der Waals surface area (Å²) in [6.45, 7) is 8.07. The van der Waals surface area contributed by atoms with Crippen LogP contribution in [0.1, 0.15) is 29.3 Å². The molecule has 0 radical (unpaired) electrons. The van der Waals surface area contributed by atoms with Crippen molar-refractivity contribution in [3.05, 3.63) is 59.7 Å². The predicted molar refractivity (Wildman–Crippen MR) is 115 cm³/mol. The highest BCUT2D eigenvalue weighted by molar-refractivity contribution is 5.95. The van der Waals surface area contributed by atoms with Crippen LogP contribution in [-0.2, 0) is 11.3 Å². The number of hydrogen-bond donors (Lipinski definition) is 0. The Labute approximate surface area is 178 Å². The molecule has 6 nitrogen and oxygen atoms in total. The highest BCUT2D eigenvalue weighted by atomic mass is 16.5. The van der Waals surface area contributed by atoms with E-state index >= 15 is 0 Å². The maximum absolute atomic E-state index is 13.6. The van der Waals surface area contributed by atoms with Gasteiger partial charge in [-0.1, -0.05) is 30.3 Å². The zero-order valence-electron chi connectivity index (χ0n) is 17.6. The smallest absolute Gasteiger partial charge is 0.254 e. The first-order chi connectivity index (χ1) is 14.7. The molecule has 2 aliphatic rings. The molecule has 6 heteroatoms. The van der Waals surface area contributed by atoms with E-state index in [1.54, 1.807) is 0 Å². The Balaban J connectivity index is 1.56. The number of carbonyl (C=O) groups excluding carboxylic acids is 1. The number of carbonyl (C=O) groups is 1. The molecule has 2 aromatic carbocycles. The second-order valence-electron chi connectivity index (χ2n) is 7.89. The lowest BCUT2D eigenvalue weighted by Crippen LogP contribution is -2.48. The molecule has 4 rings (SSSR count). The number of amides is 1. The Morgan fingerprint density at radius 1 is 1.00 bits per heavy atom. The van der Waals surface area contributed by atoms with Crippen molar-refractivity contribution >= 4 is 5.91 Å². The average molecular weight is 411 g/mol. The number of morpholine rings is 1. The topological polar surface area (TPSA) is 51.2 Å². The second-order valence-corrected chi connectivity index (χ2v) is 7.89. The first kappa shape index (κ1) is 20.7. The normalized spacial score (nSPS) is 17.8. The fourth-order valence-corrected chi connectivity index (χ4v) is 3.93. The maximum Gasteiger partial charge on any atom is 0.254 e. The first-order valence-corrected chi connectivity index (χ1v) is 10.8. The molecule has 1 atom stereocenters. The summed E-state index contributed by atoms with van der Waals surface area (Å²) in [6, 6.07) is 15.7. The fourth-order valence-electron chi connectivity index (χ4n) is 3.93. The van der Waals surface area contributed by atoms with E-state index < -0.39 is 0 Å². The van der Waals surface area contributed by atoms with Crippen molar-refractivity contribution in [3.63, 3.8) is 0 Å². The highest BCUT2D eigenvalue weighted by Crippen LogP contribution is 2.31. The van der Waals surface area contributed by atoms with Crippen molar-refractivity contribution in [3.8, 4) is 11.5 Å². The molecule has 0 bridgehead atoms. The number of hydrogen-bond acceptors (Lipinski definition) is 5. The van der Waals surface area contributed by atoms with Crippen molar-refractivity contribution in [2.45, 2.75) is 25.9 Å². The Bertz CT molecular complexity index is 836. The number of ether oxygens (including phenoxy) is 3. The molecular formula is C24H30N2O4. The summed E-state index contributed by atoms with van der Waals surface area (Å²) in [5.74, 6) is 1.37. The summed E-state index contributed by atoms with van der Waals surface area (Å²) in [5.41, 5.74) is 1.75. The van der Waals surface area contributed by atoms with Crippen LogP contribution in [0.4, 0.5) is 0 Å². The Morgan fingerprint density at radius 3 is 2.50 bits per heavy atom. The minimum Gasteiger partial charge on any atom is -0.490 e. The van der Waals surface area contributed by atoms with E-state index in [2.05, 4.69) is 24.0 Å². The molecule has 1 fully saturated rings. The van der Waals surface area contributed by atoms with Crippen LogP contribution < -0.4 is 9.47 Å². The van der Waals surface area contributed by atoms with Gasteiger partial charge in [0.15, 0.2) is 11.5 Å². The Morgan fingerprint density at radius 2 is 1.73 bits per heavy atom. The zero-order valence-corrected chi connectivity index (χ0v) is 17.6. The number of benzene rings is 2. The van der Waals surface area contributed by atoms with Crippen molar-refractivity contribution in [1.82, 2.24) is 9.80 Å². The van der Waals surface area contributed by atoms with Crippen LogP contribution in [0, 0.1) is 0 Å². The summed E-state index contributed by atoms with van der Waals surface area (Å²) in [4.78, 5) is 17.9. The second kappa shape index (κ2) is 9.96. The van der Waals surface area contributed by atoms with Crippen LogP contribution in [0.25, 0.3) is 0 Å². The quantitative estimate of drug-likeness (QED) is 0.732. The Hall–Kier alpha value is -2.57. The summed E-state index contributed by atoms with van der Waals surface area (Å²) >= 11 is 0. The van der Waals surface area contributed by atoms with Crippen molar-refractivity contribution < 1.29 is 19.0 Å². The van der Waals surface area contributed by atoms with E-state index in [0.717, 1.165) is 44.8 Å². The van der Waals surface area contributed by atoms with Gasteiger partial charge in [0.25, 0.3) is 5.91 Å². The fraction of sp³-hybridized carbons (Fsp3) is 0.458. The average Bonchev–Trinajstić information content (AvgIpc) is 3.03. The molecular weight excluding hydrogens is 380 g/mol. The first-order valence-electron chi connectivity index (χ1n) is 10.8. The lowest BCUT2D eigenvalue weighted by atomic mass is 10.1. The lowest BCUT2D eigenvalue weighted by molar-refractivity contribution is 0.0228. The van der Waals surface area contributed by atoms with E-state index in [1.807, 2.05) is 41.3 Å². The molecule has 2 heterocycles. The highest BCUT2D eigenvalue weighted by Gasteiger charge is 2.25. The van der Waals surface area contributed by atoms with Gasteiger partial charge in [-0.25, -0.2) is 0 Å². The summed E-state index contributed by atoms with van der Waals surface area (Å²) in [6.07, 6.45) is 0.842. The minimum atomic E-state index is 0.00950. The van der Waals surface area contributed by atoms with Gasteiger partial charge < -0.3 is 19.1 Å². The maximum atomic E-state index is 13.6. The van der Waals surface area contributed by atoms with Crippen LogP contribution in [0.2, 0.25) is 0 Å². The molecule has 1 saturated heterocycles.